The molecule has 4 atom stereocenters. The molecule has 2 unspecified atom stereocenters. The number of hydrogen-bond acceptors (Lipinski definition) is 4. The summed E-state index contributed by atoms with van der Waals surface area (Å²) in [5, 5.41) is 0. The Bertz CT molecular complexity index is 208. The Labute approximate surface area is 77.1 Å². The molecule has 3 heterocycles. The SMILES string of the molecule is CC1(C)OC2OC([C@H]3CO3)C[C@H]2O1. The highest BCUT2D eigenvalue weighted by molar-refractivity contribution is 4.92. The van der Waals surface area contributed by atoms with Gasteiger partial charge in [0.25, 0.3) is 0 Å². The van der Waals surface area contributed by atoms with Crippen molar-refractivity contribution in [2.75, 3.05) is 6.61 Å². The quantitative estimate of drug-likeness (QED) is 0.564. The van der Waals surface area contributed by atoms with Crippen molar-refractivity contribution in [1.82, 2.24) is 0 Å². The highest BCUT2D eigenvalue weighted by Gasteiger charge is 2.52. The summed E-state index contributed by atoms with van der Waals surface area (Å²) in [7, 11) is 0. The van der Waals surface area contributed by atoms with E-state index in [9.17, 15) is 0 Å². The third-order valence-electron chi connectivity index (χ3n) is 2.69. The predicted octanol–water partition coefficient (Wildman–Crippen LogP) is 0.652. The van der Waals surface area contributed by atoms with Crippen LogP contribution in [-0.2, 0) is 18.9 Å². The van der Waals surface area contributed by atoms with Crippen LogP contribution in [0.5, 0.6) is 0 Å². The van der Waals surface area contributed by atoms with Gasteiger partial charge < -0.3 is 18.9 Å². The molecule has 3 fully saturated rings. The number of fused-ring (bicyclic) bond motifs is 1. The van der Waals surface area contributed by atoms with Gasteiger partial charge in [-0.3, -0.25) is 0 Å². The van der Waals surface area contributed by atoms with E-state index in [1.165, 1.54) is 0 Å². The van der Waals surface area contributed by atoms with Crippen LogP contribution in [0, 0.1) is 0 Å². The van der Waals surface area contributed by atoms with E-state index in [4.69, 9.17) is 18.9 Å². The molecule has 0 saturated carbocycles. The average molecular weight is 186 g/mol. The van der Waals surface area contributed by atoms with E-state index in [1.807, 2.05) is 13.8 Å². The van der Waals surface area contributed by atoms with Crippen LogP contribution in [-0.4, -0.2) is 37.0 Å². The molecule has 3 rings (SSSR count). The summed E-state index contributed by atoms with van der Waals surface area (Å²) in [5.41, 5.74) is 0. The first kappa shape index (κ1) is 8.17. The maximum Gasteiger partial charge on any atom is 0.187 e. The van der Waals surface area contributed by atoms with Gasteiger partial charge in [-0.05, 0) is 13.8 Å². The van der Waals surface area contributed by atoms with Crippen LogP contribution in [0.1, 0.15) is 20.3 Å². The molecule has 0 aromatic heterocycles. The maximum atomic E-state index is 5.68. The van der Waals surface area contributed by atoms with E-state index in [2.05, 4.69) is 0 Å². The second kappa shape index (κ2) is 2.45. The molecule has 0 amide bonds. The molecule has 0 bridgehead atoms. The molecule has 4 nitrogen and oxygen atoms in total. The Kier molecular flexibility index (Phi) is 1.54. The van der Waals surface area contributed by atoms with Gasteiger partial charge in [0.2, 0.25) is 0 Å². The molecule has 4 heteroatoms. The molecule has 3 aliphatic rings. The average Bonchev–Trinajstić information content (AvgIpc) is 2.71. The van der Waals surface area contributed by atoms with Gasteiger partial charge >= 0.3 is 0 Å². The van der Waals surface area contributed by atoms with Crippen molar-refractivity contribution < 1.29 is 18.9 Å². The third-order valence-corrected chi connectivity index (χ3v) is 2.69. The molecular formula is C9H14O4. The lowest BCUT2D eigenvalue weighted by molar-refractivity contribution is -0.206. The van der Waals surface area contributed by atoms with Crippen LogP contribution < -0.4 is 0 Å². The molecule has 3 saturated heterocycles. The normalized spacial score (nSPS) is 52.2. The molecular weight excluding hydrogens is 172 g/mol. The Morgan fingerprint density at radius 1 is 1.08 bits per heavy atom. The Morgan fingerprint density at radius 3 is 2.46 bits per heavy atom. The van der Waals surface area contributed by atoms with Crippen molar-refractivity contribution in [3.63, 3.8) is 0 Å². The maximum absolute atomic E-state index is 5.68. The molecule has 3 aliphatic heterocycles. The van der Waals surface area contributed by atoms with Crippen molar-refractivity contribution in [1.29, 1.82) is 0 Å². The lowest BCUT2D eigenvalue weighted by Crippen LogP contribution is -2.26. The zero-order valence-corrected chi connectivity index (χ0v) is 7.86. The first-order chi connectivity index (χ1) is 6.14. The Hall–Kier alpha value is -0.160. The topological polar surface area (TPSA) is 40.2 Å². The van der Waals surface area contributed by atoms with E-state index in [-0.39, 0.29) is 18.5 Å². The standard InChI is InChI=1S/C9H14O4/c1-9(2)12-6-3-5(7-4-10-7)11-8(6)13-9/h5-8H,3-4H2,1-2H3/t5?,6-,7-,8?/m1/s1. The minimum atomic E-state index is -0.481. The van der Waals surface area contributed by atoms with Crippen LogP contribution in [0.25, 0.3) is 0 Å². The molecule has 0 spiro atoms. The fourth-order valence-electron chi connectivity index (χ4n) is 2.04. The smallest absolute Gasteiger partial charge is 0.187 e. The summed E-state index contributed by atoms with van der Waals surface area (Å²) in [6.45, 7) is 4.65. The zero-order chi connectivity index (χ0) is 9.05. The molecule has 0 aliphatic carbocycles. The number of hydrogen-bond donors (Lipinski definition) is 0. The first-order valence-corrected chi connectivity index (χ1v) is 4.77. The van der Waals surface area contributed by atoms with Gasteiger partial charge in [0, 0.05) is 6.42 Å². The molecule has 0 N–H and O–H groups in total. The molecule has 0 aromatic carbocycles. The predicted molar refractivity (Wildman–Crippen MR) is 43.1 cm³/mol. The number of ether oxygens (including phenoxy) is 4. The Balaban J connectivity index is 1.66. The van der Waals surface area contributed by atoms with Crippen LogP contribution in [0.15, 0.2) is 0 Å². The van der Waals surface area contributed by atoms with Gasteiger partial charge in [0.05, 0.1) is 12.7 Å². The molecule has 13 heavy (non-hydrogen) atoms. The van der Waals surface area contributed by atoms with E-state index >= 15 is 0 Å². The first-order valence-electron chi connectivity index (χ1n) is 4.77. The minimum Gasteiger partial charge on any atom is -0.370 e. The van der Waals surface area contributed by atoms with Crippen molar-refractivity contribution >= 4 is 0 Å². The summed E-state index contributed by atoms with van der Waals surface area (Å²) >= 11 is 0. The van der Waals surface area contributed by atoms with Gasteiger partial charge in [0.1, 0.15) is 12.2 Å². The second-order valence-electron chi connectivity index (χ2n) is 4.32. The fourth-order valence-corrected chi connectivity index (χ4v) is 2.04. The van der Waals surface area contributed by atoms with Crippen LogP contribution >= 0.6 is 0 Å². The van der Waals surface area contributed by atoms with Gasteiger partial charge in [-0.1, -0.05) is 0 Å². The van der Waals surface area contributed by atoms with E-state index in [0.29, 0.717) is 6.10 Å². The number of epoxide rings is 1. The summed E-state index contributed by atoms with van der Waals surface area (Å²) in [6, 6.07) is 0. The molecule has 74 valence electrons. The Morgan fingerprint density at radius 2 is 1.85 bits per heavy atom. The van der Waals surface area contributed by atoms with Gasteiger partial charge in [-0.2, -0.15) is 0 Å². The molecule has 0 radical (unpaired) electrons. The summed E-state index contributed by atoms with van der Waals surface area (Å²) in [6.07, 6.45) is 1.30. The van der Waals surface area contributed by atoms with Crippen molar-refractivity contribution in [3.05, 3.63) is 0 Å². The highest BCUT2D eigenvalue weighted by atomic mass is 16.8. The highest BCUT2D eigenvalue weighted by Crippen LogP contribution is 2.39. The summed E-state index contributed by atoms with van der Waals surface area (Å²) < 4.78 is 22.1. The van der Waals surface area contributed by atoms with E-state index in [0.717, 1.165) is 13.0 Å². The van der Waals surface area contributed by atoms with Crippen molar-refractivity contribution in [3.8, 4) is 0 Å². The van der Waals surface area contributed by atoms with Crippen molar-refractivity contribution in [2.24, 2.45) is 0 Å². The van der Waals surface area contributed by atoms with Gasteiger partial charge in [0.15, 0.2) is 12.1 Å². The van der Waals surface area contributed by atoms with Crippen LogP contribution in [0.2, 0.25) is 0 Å². The molecule has 0 aromatic rings. The van der Waals surface area contributed by atoms with E-state index in [1.54, 1.807) is 0 Å². The monoisotopic (exact) mass is 186 g/mol. The summed E-state index contributed by atoms with van der Waals surface area (Å²) in [5.74, 6) is -0.481. The minimum absolute atomic E-state index is 0.101. The summed E-state index contributed by atoms with van der Waals surface area (Å²) in [4.78, 5) is 0. The van der Waals surface area contributed by atoms with Crippen molar-refractivity contribution in [2.45, 2.75) is 50.7 Å². The second-order valence-corrected chi connectivity index (χ2v) is 4.32. The lowest BCUT2D eigenvalue weighted by atomic mass is 10.1. The zero-order valence-electron chi connectivity index (χ0n) is 7.86. The third kappa shape index (κ3) is 1.38. The van der Waals surface area contributed by atoms with Gasteiger partial charge in [-0.25, -0.2) is 0 Å². The van der Waals surface area contributed by atoms with Crippen LogP contribution in [0.3, 0.4) is 0 Å². The largest absolute Gasteiger partial charge is 0.370 e. The van der Waals surface area contributed by atoms with Gasteiger partial charge in [-0.15, -0.1) is 0 Å². The van der Waals surface area contributed by atoms with E-state index < -0.39 is 5.79 Å². The number of rotatable bonds is 1. The van der Waals surface area contributed by atoms with Crippen LogP contribution in [0.4, 0.5) is 0 Å². The lowest BCUT2D eigenvalue weighted by Gasteiger charge is -2.19. The fraction of sp³-hybridized carbons (Fsp3) is 1.00.